The fourth-order valence-corrected chi connectivity index (χ4v) is 2.85. The van der Waals surface area contributed by atoms with E-state index in [2.05, 4.69) is 4.98 Å². The van der Waals surface area contributed by atoms with E-state index in [1.54, 1.807) is 6.07 Å². The molecule has 4 rings (SSSR count). The summed E-state index contributed by atoms with van der Waals surface area (Å²) in [5.41, 5.74) is 1.88. The third-order valence-electron chi connectivity index (χ3n) is 3.99. The van der Waals surface area contributed by atoms with Gasteiger partial charge in [-0.2, -0.15) is 0 Å². The smallest absolute Gasteiger partial charge is 0.144 e. The maximum absolute atomic E-state index is 8.35. The highest BCUT2D eigenvalue weighted by Crippen LogP contribution is 2.35. The number of fused-ring (bicyclic) bond motifs is 3. The van der Waals surface area contributed by atoms with E-state index in [0.29, 0.717) is 22.4 Å². The molecule has 4 aromatic rings. The summed E-state index contributed by atoms with van der Waals surface area (Å²) in [6.45, 7) is -4.14. The number of aromatic nitrogens is 1. The van der Waals surface area contributed by atoms with Gasteiger partial charge in [-0.15, -0.1) is 0 Å². The molecular weight excluding hydrogens is 282 g/mol. The molecule has 0 radical (unpaired) electrons. The van der Waals surface area contributed by atoms with Gasteiger partial charge in [0.05, 0.1) is 5.69 Å². The van der Waals surface area contributed by atoms with Crippen molar-refractivity contribution in [2.75, 3.05) is 0 Å². The van der Waals surface area contributed by atoms with Gasteiger partial charge in [0.15, 0.2) is 0 Å². The summed E-state index contributed by atoms with van der Waals surface area (Å²) in [6.07, 6.45) is 1.19. The number of pyridine rings is 1. The zero-order chi connectivity index (χ0) is 21.9. The summed E-state index contributed by atoms with van der Waals surface area (Å²) in [4.78, 5) is 4.34. The van der Waals surface area contributed by atoms with Crippen molar-refractivity contribution in [2.45, 2.75) is 26.5 Å². The molecule has 2 aromatic heterocycles. The molecule has 0 aliphatic rings. The van der Waals surface area contributed by atoms with E-state index in [-0.39, 0.29) is 11.1 Å². The van der Waals surface area contributed by atoms with Crippen molar-refractivity contribution in [3.05, 3.63) is 65.9 Å². The average molecular weight is 308 g/mol. The van der Waals surface area contributed by atoms with Crippen LogP contribution >= 0.6 is 0 Å². The molecule has 0 amide bonds. The van der Waals surface area contributed by atoms with Crippen LogP contribution in [-0.4, -0.2) is 4.98 Å². The molecule has 0 aliphatic heterocycles. The Bertz CT molecular complexity index is 1250. The van der Waals surface area contributed by atoms with Gasteiger partial charge in [-0.25, -0.2) is 0 Å². The molecule has 0 saturated heterocycles. The fraction of sp³-hybridized carbons (Fsp3) is 0.190. The van der Waals surface area contributed by atoms with Crippen LogP contribution in [0.3, 0.4) is 0 Å². The zero-order valence-electron chi connectivity index (χ0n) is 19.6. The molecular formula is C21H19NO. The maximum atomic E-state index is 8.35. The van der Waals surface area contributed by atoms with Crippen LogP contribution in [0.4, 0.5) is 0 Å². The van der Waals surface area contributed by atoms with Gasteiger partial charge in [-0.1, -0.05) is 44.1 Å². The molecule has 1 atom stereocenters. The third-order valence-corrected chi connectivity index (χ3v) is 3.99. The van der Waals surface area contributed by atoms with Crippen molar-refractivity contribution in [1.82, 2.24) is 4.98 Å². The number of para-hydroxylation sites is 2. The lowest BCUT2D eigenvalue weighted by molar-refractivity contribution is 0.670. The first-order valence-corrected chi connectivity index (χ1v) is 7.33. The molecule has 114 valence electrons. The Labute approximate surface area is 145 Å². The second kappa shape index (κ2) is 5.24. The third kappa shape index (κ3) is 2.22. The number of furan rings is 1. The van der Waals surface area contributed by atoms with E-state index in [9.17, 15) is 0 Å². The first-order valence-electron chi connectivity index (χ1n) is 10.8. The highest BCUT2D eigenvalue weighted by Gasteiger charge is 2.13. The topological polar surface area (TPSA) is 26.0 Å². The Morgan fingerprint density at radius 2 is 2.00 bits per heavy atom. The fourth-order valence-electron chi connectivity index (χ4n) is 2.85. The molecule has 2 aromatic carbocycles. The molecule has 2 heteroatoms. The molecule has 1 unspecified atom stereocenters. The number of benzene rings is 2. The summed E-state index contributed by atoms with van der Waals surface area (Å²) < 4.78 is 61.2. The Balaban J connectivity index is 1.98. The first-order chi connectivity index (χ1) is 13.9. The molecule has 0 fully saturated rings. The molecule has 0 N–H and O–H groups in total. The molecule has 0 saturated carbocycles. The van der Waals surface area contributed by atoms with Crippen LogP contribution in [0.15, 0.2) is 59.1 Å². The van der Waals surface area contributed by atoms with E-state index in [0.717, 1.165) is 10.8 Å². The molecule has 2 nitrogen and oxygen atoms in total. The average Bonchev–Trinajstić information content (AvgIpc) is 3.04. The van der Waals surface area contributed by atoms with Gasteiger partial charge >= 0.3 is 0 Å². The predicted molar refractivity (Wildman–Crippen MR) is 95.8 cm³/mol. The molecule has 23 heavy (non-hydrogen) atoms. The minimum absolute atomic E-state index is 0.136. The SMILES string of the molecule is [2H]C([2H])([2H])c1cc(-c2cccc3c2oc2ccccc23)ncc1C([2H])(C)C([2H])([2H])[2H]. The number of rotatable bonds is 2. The van der Waals surface area contributed by atoms with Crippen LogP contribution in [0, 0.1) is 6.85 Å². The summed E-state index contributed by atoms with van der Waals surface area (Å²) in [6, 6.07) is 14.5. The Morgan fingerprint density at radius 1 is 1.13 bits per heavy atom. The lowest BCUT2D eigenvalue weighted by atomic mass is 9.98. The first kappa shape index (κ1) is 8.30. The molecule has 0 aliphatic carbocycles. The van der Waals surface area contributed by atoms with E-state index in [1.807, 2.05) is 36.4 Å². The van der Waals surface area contributed by atoms with Crippen molar-refractivity contribution in [1.29, 1.82) is 0 Å². The van der Waals surface area contributed by atoms with Crippen LogP contribution in [0.5, 0.6) is 0 Å². The van der Waals surface area contributed by atoms with Crippen molar-refractivity contribution in [3.8, 4) is 11.3 Å². The van der Waals surface area contributed by atoms with E-state index < -0.39 is 19.6 Å². The summed E-state index contributed by atoms with van der Waals surface area (Å²) in [5, 5.41) is 1.81. The summed E-state index contributed by atoms with van der Waals surface area (Å²) in [5.74, 6) is -2.12. The minimum Gasteiger partial charge on any atom is -0.455 e. The van der Waals surface area contributed by atoms with Crippen molar-refractivity contribution >= 4 is 21.9 Å². The lowest BCUT2D eigenvalue weighted by Gasteiger charge is -2.11. The molecule has 0 bridgehead atoms. The van der Waals surface area contributed by atoms with E-state index in [1.165, 1.54) is 19.2 Å². The predicted octanol–water partition coefficient (Wildman–Crippen LogP) is 6.08. The van der Waals surface area contributed by atoms with Gasteiger partial charge in [0.1, 0.15) is 11.2 Å². The van der Waals surface area contributed by atoms with Crippen LogP contribution < -0.4 is 0 Å². The van der Waals surface area contributed by atoms with Gasteiger partial charge in [-0.3, -0.25) is 4.98 Å². The van der Waals surface area contributed by atoms with Crippen molar-refractivity contribution in [3.63, 3.8) is 0 Å². The monoisotopic (exact) mass is 308 g/mol. The Hall–Kier alpha value is -2.61. The summed E-state index contributed by atoms with van der Waals surface area (Å²) >= 11 is 0. The van der Waals surface area contributed by atoms with Gasteiger partial charge in [0.2, 0.25) is 0 Å². The molecule has 0 spiro atoms. The van der Waals surface area contributed by atoms with Crippen LogP contribution in [-0.2, 0) is 0 Å². The second-order valence-corrected chi connectivity index (χ2v) is 5.52. The van der Waals surface area contributed by atoms with E-state index >= 15 is 0 Å². The van der Waals surface area contributed by atoms with Crippen LogP contribution in [0.2, 0.25) is 0 Å². The van der Waals surface area contributed by atoms with Gasteiger partial charge in [0, 0.05) is 32.1 Å². The number of hydrogen-bond acceptors (Lipinski definition) is 2. The number of aryl methyl sites for hydroxylation is 1. The quantitative estimate of drug-likeness (QED) is 0.448. The van der Waals surface area contributed by atoms with Crippen molar-refractivity contribution in [2.24, 2.45) is 0 Å². The normalized spacial score (nSPS) is 19.8. The number of hydrogen-bond donors (Lipinski definition) is 0. The Morgan fingerprint density at radius 3 is 2.87 bits per heavy atom. The van der Waals surface area contributed by atoms with Gasteiger partial charge < -0.3 is 4.42 Å². The highest BCUT2D eigenvalue weighted by molar-refractivity contribution is 6.09. The number of nitrogens with zero attached hydrogens (tertiary/aromatic N) is 1. The largest absolute Gasteiger partial charge is 0.455 e. The van der Waals surface area contributed by atoms with E-state index in [4.69, 9.17) is 14.0 Å². The molecule has 2 heterocycles. The Kier molecular flexibility index (Phi) is 1.89. The second-order valence-electron chi connectivity index (χ2n) is 5.52. The van der Waals surface area contributed by atoms with Gasteiger partial charge in [-0.05, 0) is 42.1 Å². The summed E-state index contributed by atoms with van der Waals surface area (Å²) in [7, 11) is 0. The minimum atomic E-state index is -2.71. The van der Waals surface area contributed by atoms with Crippen LogP contribution in [0.1, 0.15) is 40.4 Å². The van der Waals surface area contributed by atoms with Gasteiger partial charge in [0.25, 0.3) is 0 Å². The van der Waals surface area contributed by atoms with Crippen molar-refractivity contribution < 1.29 is 14.0 Å². The maximum Gasteiger partial charge on any atom is 0.144 e. The van der Waals surface area contributed by atoms with Crippen LogP contribution in [0.25, 0.3) is 33.2 Å². The zero-order valence-corrected chi connectivity index (χ0v) is 12.6. The highest BCUT2D eigenvalue weighted by atomic mass is 16.3. The standard InChI is InChI=1S/C21H19NO/c1-13(2)18-12-22-19(11-14(18)3)17-9-6-8-16-15-7-4-5-10-20(15)23-21(16)17/h4-13H,1-3H3/i1D3,3D3,13D. The lowest BCUT2D eigenvalue weighted by Crippen LogP contribution is -1.95.